The molecular weight excluding hydrogens is 596 g/mol. The highest BCUT2D eigenvalue weighted by atomic mass is 35.5. The first-order valence-corrected chi connectivity index (χ1v) is 16.4. The van der Waals surface area contributed by atoms with Crippen LogP contribution in [0.15, 0.2) is 95.5 Å². The average Bonchev–Trinajstić information content (AvgIpc) is 3.69. The Kier molecular flexibility index (Phi) is 9.33. The number of amides is 1. The molecule has 0 unspecified atom stereocenters. The summed E-state index contributed by atoms with van der Waals surface area (Å²) in [5.41, 5.74) is 4.63. The van der Waals surface area contributed by atoms with Gasteiger partial charge in [0.05, 0.1) is 16.5 Å². The number of piperazine rings is 1. The normalized spacial score (nSPS) is 14.0. The van der Waals surface area contributed by atoms with Crippen molar-refractivity contribution in [3.05, 3.63) is 117 Å². The number of hydrogen-bond donors (Lipinski definition) is 0. The zero-order chi connectivity index (χ0) is 29.6. The van der Waals surface area contributed by atoms with E-state index in [1.165, 1.54) is 16.9 Å². The average molecular weight is 627 g/mol. The summed E-state index contributed by atoms with van der Waals surface area (Å²) in [6.07, 6.45) is 4.34. The first-order chi connectivity index (χ1) is 21.1. The van der Waals surface area contributed by atoms with Crippen LogP contribution in [0.4, 0.5) is 0 Å². The van der Waals surface area contributed by atoms with Crippen LogP contribution in [0.3, 0.4) is 0 Å². The number of hydrogen-bond acceptors (Lipinski definition) is 7. The Hall–Kier alpha value is -3.76. The number of aromatic nitrogens is 4. The minimum atomic E-state index is -0.00365. The summed E-state index contributed by atoms with van der Waals surface area (Å²) in [6, 6.07) is 26.1. The van der Waals surface area contributed by atoms with Gasteiger partial charge in [-0.1, -0.05) is 96.2 Å². The van der Waals surface area contributed by atoms with Gasteiger partial charge in [0.2, 0.25) is 0 Å². The standard InChI is InChI=1S/C33H31ClN6OS2/c1-24-10-5-8-16-29(24)40-31(26-14-6-7-15-27(26)34)36-37-33(40)43-23-30-35-28(22-42-30)32(41)39-20-18-38(19-21-39)17-9-13-25-11-3-2-4-12-25/h2-16,22H,17-21,23H2,1H3. The van der Waals surface area contributed by atoms with E-state index >= 15 is 0 Å². The summed E-state index contributed by atoms with van der Waals surface area (Å²) in [6.45, 7) is 6.04. The molecule has 1 aliphatic heterocycles. The summed E-state index contributed by atoms with van der Waals surface area (Å²) >= 11 is 9.60. The Bertz CT molecular complexity index is 1730. The van der Waals surface area contributed by atoms with Crippen molar-refractivity contribution < 1.29 is 4.79 Å². The molecule has 0 saturated carbocycles. The van der Waals surface area contributed by atoms with E-state index < -0.39 is 0 Å². The minimum absolute atomic E-state index is 0.00365. The molecule has 1 fully saturated rings. The predicted molar refractivity (Wildman–Crippen MR) is 176 cm³/mol. The maximum absolute atomic E-state index is 13.3. The van der Waals surface area contributed by atoms with Gasteiger partial charge in [-0.25, -0.2) is 4.98 Å². The largest absolute Gasteiger partial charge is 0.335 e. The van der Waals surface area contributed by atoms with Crippen molar-refractivity contribution in [3.63, 3.8) is 0 Å². The van der Waals surface area contributed by atoms with Gasteiger partial charge in [-0.2, -0.15) is 0 Å². The Morgan fingerprint density at radius 1 is 0.953 bits per heavy atom. The molecule has 0 atom stereocenters. The van der Waals surface area contributed by atoms with Gasteiger partial charge in [0, 0.05) is 43.7 Å². The van der Waals surface area contributed by atoms with Crippen LogP contribution in [0.1, 0.15) is 26.6 Å². The molecule has 1 aliphatic rings. The quantitative estimate of drug-likeness (QED) is 0.162. The minimum Gasteiger partial charge on any atom is -0.335 e. The van der Waals surface area contributed by atoms with Crippen molar-refractivity contribution in [2.75, 3.05) is 32.7 Å². The smallest absolute Gasteiger partial charge is 0.273 e. The lowest BCUT2D eigenvalue weighted by molar-refractivity contribution is 0.0645. The lowest BCUT2D eigenvalue weighted by Gasteiger charge is -2.33. The SMILES string of the molecule is Cc1ccccc1-n1c(SCc2nc(C(=O)N3CCN(CC=Cc4ccccc4)CC3)cs2)nnc1-c1ccccc1Cl. The maximum Gasteiger partial charge on any atom is 0.273 e. The fourth-order valence-corrected chi connectivity index (χ4v) is 6.96. The first-order valence-electron chi connectivity index (χ1n) is 14.1. The van der Waals surface area contributed by atoms with Crippen LogP contribution in [0.25, 0.3) is 23.2 Å². The number of carbonyl (C=O) groups excluding carboxylic acids is 1. The summed E-state index contributed by atoms with van der Waals surface area (Å²) < 4.78 is 2.05. The number of aryl methyl sites for hydroxylation is 1. The van der Waals surface area contributed by atoms with Crippen molar-refractivity contribution in [1.29, 1.82) is 0 Å². The number of nitrogens with zero attached hydrogens (tertiary/aromatic N) is 6. The molecule has 43 heavy (non-hydrogen) atoms. The van der Waals surface area contributed by atoms with Gasteiger partial charge in [0.1, 0.15) is 10.7 Å². The molecule has 0 N–H and O–H groups in total. The highest BCUT2D eigenvalue weighted by Crippen LogP contribution is 2.34. The number of rotatable bonds is 9. The van der Waals surface area contributed by atoms with Crippen LogP contribution < -0.4 is 0 Å². The second-order valence-corrected chi connectivity index (χ2v) is 12.5. The molecule has 7 nitrogen and oxygen atoms in total. The van der Waals surface area contributed by atoms with Crippen LogP contribution in [0.2, 0.25) is 5.02 Å². The van der Waals surface area contributed by atoms with Crippen LogP contribution in [-0.4, -0.2) is 68.2 Å². The third-order valence-corrected chi connectivity index (χ3v) is 9.63. The van der Waals surface area contributed by atoms with E-state index in [2.05, 4.69) is 63.0 Å². The van der Waals surface area contributed by atoms with Crippen LogP contribution in [-0.2, 0) is 5.75 Å². The number of para-hydroxylation sites is 1. The monoisotopic (exact) mass is 626 g/mol. The summed E-state index contributed by atoms with van der Waals surface area (Å²) in [5, 5.41) is 13.2. The number of thioether (sulfide) groups is 1. The highest BCUT2D eigenvalue weighted by Gasteiger charge is 2.24. The number of benzene rings is 3. The Labute approximate surface area is 264 Å². The zero-order valence-corrected chi connectivity index (χ0v) is 26.2. The van der Waals surface area contributed by atoms with Crippen LogP contribution >= 0.6 is 34.7 Å². The number of halogens is 1. The summed E-state index contributed by atoms with van der Waals surface area (Å²) in [5.74, 6) is 1.26. The second kappa shape index (κ2) is 13.7. The lowest BCUT2D eigenvalue weighted by atomic mass is 10.1. The summed E-state index contributed by atoms with van der Waals surface area (Å²) in [7, 11) is 0. The molecule has 6 rings (SSSR count). The molecule has 0 aliphatic carbocycles. The third kappa shape index (κ3) is 6.91. The number of thiazole rings is 1. The van der Waals surface area contributed by atoms with Gasteiger partial charge in [-0.15, -0.1) is 21.5 Å². The van der Waals surface area contributed by atoms with Crippen LogP contribution in [0.5, 0.6) is 0 Å². The van der Waals surface area contributed by atoms with E-state index in [1.807, 2.05) is 64.9 Å². The van der Waals surface area contributed by atoms with Gasteiger partial charge in [0.25, 0.3) is 5.91 Å². The maximum atomic E-state index is 13.3. The van der Waals surface area contributed by atoms with Gasteiger partial charge < -0.3 is 4.90 Å². The fourth-order valence-electron chi connectivity index (χ4n) is 5.01. The van der Waals surface area contributed by atoms with Gasteiger partial charge in [-0.3, -0.25) is 14.3 Å². The van der Waals surface area contributed by atoms with Crippen LogP contribution in [0, 0.1) is 6.92 Å². The fraction of sp³-hybridized carbons (Fsp3) is 0.212. The molecule has 0 spiro atoms. The molecule has 218 valence electrons. The molecule has 5 aromatic rings. The van der Waals surface area contributed by atoms with E-state index in [9.17, 15) is 4.79 Å². The topological polar surface area (TPSA) is 67.2 Å². The van der Waals surface area contributed by atoms with E-state index in [0.717, 1.165) is 46.6 Å². The van der Waals surface area contributed by atoms with Crippen molar-refractivity contribution in [2.45, 2.75) is 17.8 Å². The van der Waals surface area contributed by atoms with Crippen molar-refractivity contribution in [2.24, 2.45) is 0 Å². The van der Waals surface area contributed by atoms with Crippen molar-refractivity contribution >= 4 is 46.7 Å². The highest BCUT2D eigenvalue weighted by molar-refractivity contribution is 7.98. The van der Waals surface area contributed by atoms with Gasteiger partial charge >= 0.3 is 0 Å². The van der Waals surface area contributed by atoms with E-state index in [1.54, 1.807) is 11.8 Å². The van der Waals surface area contributed by atoms with Crippen molar-refractivity contribution in [1.82, 2.24) is 29.5 Å². The first kappa shape index (κ1) is 29.3. The Morgan fingerprint density at radius 2 is 1.70 bits per heavy atom. The molecule has 2 aromatic heterocycles. The lowest BCUT2D eigenvalue weighted by Crippen LogP contribution is -2.48. The molecule has 0 radical (unpaired) electrons. The van der Waals surface area contributed by atoms with E-state index in [4.69, 9.17) is 16.6 Å². The molecule has 3 heterocycles. The van der Waals surface area contributed by atoms with Gasteiger partial charge in [-0.05, 0) is 36.2 Å². The summed E-state index contributed by atoms with van der Waals surface area (Å²) in [4.78, 5) is 22.2. The molecular formula is C33H31ClN6OS2. The third-order valence-electron chi connectivity index (χ3n) is 7.33. The molecule has 1 amide bonds. The number of carbonyl (C=O) groups is 1. The zero-order valence-electron chi connectivity index (χ0n) is 23.8. The molecule has 1 saturated heterocycles. The molecule has 3 aromatic carbocycles. The Balaban J connectivity index is 1.10. The van der Waals surface area contributed by atoms with Gasteiger partial charge in [0.15, 0.2) is 11.0 Å². The molecule has 10 heteroatoms. The molecule has 0 bridgehead atoms. The predicted octanol–water partition coefficient (Wildman–Crippen LogP) is 7.12. The van der Waals surface area contributed by atoms with Crippen molar-refractivity contribution in [3.8, 4) is 17.1 Å². The second-order valence-electron chi connectivity index (χ2n) is 10.2. The van der Waals surface area contributed by atoms with E-state index in [-0.39, 0.29) is 5.91 Å². The Morgan fingerprint density at radius 3 is 2.49 bits per heavy atom. The van der Waals surface area contributed by atoms with E-state index in [0.29, 0.717) is 35.4 Å².